The first-order chi connectivity index (χ1) is 14.4. The van der Waals surface area contributed by atoms with Crippen LogP contribution in [0.3, 0.4) is 0 Å². The maximum atomic E-state index is 12.6. The number of H-pyrrole nitrogens is 1. The third-order valence-electron chi connectivity index (χ3n) is 4.29. The van der Waals surface area contributed by atoms with Crippen LogP contribution in [-0.4, -0.2) is 35.4 Å². The molecule has 0 fully saturated rings. The zero-order valence-corrected chi connectivity index (χ0v) is 17.8. The molecule has 3 aromatic heterocycles. The van der Waals surface area contributed by atoms with Crippen molar-refractivity contribution in [3.8, 4) is 0 Å². The lowest BCUT2D eigenvalue weighted by molar-refractivity contribution is -0.117. The van der Waals surface area contributed by atoms with Crippen LogP contribution < -0.4 is 9.52 Å². The SMILES string of the molecule is O=C(CNS(=O)(=O)c1c[nH]c2ncccc12)N=c1sccn1Cc1ccccc1Cl. The minimum absolute atomic E-state index is 0.0308. The van der Waals surface area contributed by atoms with Gasteiger partial charge in [-0.25, -0.2) is 18.1 Å². The number of thiazole rings is 1. The molecule has 0 saturated carbocycles. The molecule has 0 aliphatic rings. The molecule has 0 saturated heterocycles. The Hall–Kier alpha value is -2.79. The van der Waals surface area contributed by atoms with Crippen LogP contribution in [-0.2, 0) is 21.4 Å². The highest BCUT2D eigenvalue weighted by molar-refractivity contribution is 7.89. The zero-order valence-electron chi connectivity index (χ0n) is 15.4. The predicted octanol–water partition coefficient (Wildman–Crippen LogP) is 2.53. The molecule has 3 heterocycles. The average molecular weight is 462 g/mol. The highest BCUT2D eigenvalue weighted by atomic mass is 35.5. The van der Waals surface area contributed by atoms with E-state index in [-0.39, 0.29) is 4.90 Å². The molecule has 0 bridgehead atoms. The summed E-state index contributed by atoms with van der Waals surface area (Å²) < 4.78 is 29.3. The van der Waals surface area contributed by atoms with Gasteiger partial charge in [-0.3, -0.25) is 4.79 Å². The van der Waals surface area contributed by atoms with E-state index in [4.69, 9.17) is 11.6 Å². The third kappa shape index (κ3) is 4.36. The molecule has 4 aromatic rings. The van der Waals surface area contributed by atoms with Crippen LogP contribution in [0.25, 0.3) is 11.0 Å². The van der Waals surface area contributed by atoms with Crippen LogP contribution in [0.5, 0.6) is 0 Å². The van der Waals surface area contributed by atoms with Gasteiger partial charge >= 0.3 is 0 Å². The van der Waals surface area contributed by atoms with E-state index in [0.717, 1.165) is 5.56 Å². The maximum absolute atomic E-state index is 12.6. The van der Waals surface area contributed by atoms with Crippen molar-refractivity contribution in [2.75, 3.05) is 6.54 Å². The van der Waals surface area contributed by atoms with Gasteiger partial charge in [0.25, 0.3) is 5.91 Å². The van der Waals surface area contributed by atoms with Gasteiger partial charge in [-0.15, -0.1) is 11.3 Å². The molecule has 0 aliphatic carbocycles. The summed E-state index contributed by atoms with van der Waals surface area (Å²) in [7, 11) is -3.90. The summed E-state index contributed by atoms with van der Waals surface area (Å²) in [5.74, 6) is -0.605. The number of carbonyl (C=O) groups is 1. The van der Waals surface area contributed by atoms with Gasteiger partial charge in [0.1, 0.15) is 10.5 Å². The van der Waals surface area contributed by atoms with Crippen LogP contribution >= 0.6 is 22.9 Å². The smallest absolute Gasteiger partial charge is 0.263 e. The van der Waals surface area contributed by atoms with Gasteiger partial charge < -0.3 is 9.55 Å². The third-order valence-corrected chi connectivity index (χ3v) is 6.90. The molecular formula is C19H16ClN5O3S2. The lowest BCUT2D eigenvalue weighted by Gasteiger charge is -2.05. The van der Waals surface area contributed by atoms with Crippen molar-refractivity contribution in [1.82, 2.24) is 19.3 Å². The molecule has 1 amide bonds. The van der Waals surface area contributed by atoms with Crippen molar-refractivity contribution in [2.45, 2.75) is 11.4 Å². The van der Waals surface area contributed by atoms with Gasteiger partial charge in [-0.1, -0.05) is 29.8 Å². The zero-order chi connectivity index (χ0) is 21.1. The van der Waals surface area contributed by atoms with E-state index in [1.807, 2.05) is 18.2 Å². The summed E-state index contributed by atoms with van der Waals surface area (Å²) in [6, 6.07) is 10.7. The Balaban J connectivity index is 1.50. The van der Waals surface area contributed by atoms with E-state index in [1.54, 1.807) is 40.5 Å². The molecule has 8 nitrogen and oxygen atoms in total. The molecule has 11 heteroatoms. The minimum Gasteiger partial charge on any atom is -0.345 e. The second kappa shape index (κ2) is 8.52. The molecule has 2 N–H and O–H groups in total. The van der Waals surface area contributed by atoms with Gasteiger partial charge in [0, 0.05) is 34.4 Å². The highest BCUT2D eigenvalue weighted by Crippen LogP contribution is 2.20. The molecule has 0 unspecified atom stereocenters. The topological polar surface area (TPSA) is 109 Å². The van der Waals surface area contributed by atoms with Crippen molar-refractivity contribution < 1.29 is 13.2 Å². The second-order valence-electron chi connectivity index (χ2n) is 6.29. The van der Waals surface area contributed by atoms with E-state index < -0.39 is 22.5 Å². The highest BCUT2D eigenvalue weighted by Gasteiger charge is 2.20. The average Bonchev–Trinajstić information content (AvgIpc) is 3.35. The van der Waals surface area contributed by atoms with E-state index in [0.29, 0.717) is 27.4 Å². The number of carbonyl (C=O) groups excluding carboxylic acids is 1. The number of halogens is 1. The number of rotatable bonds is 6. The number of benzene rings is 1. The van der Waals surface area contributed by atoms with Gasteiger partial charge in [0.05, 0.1) is 13.1 Å². The summed E-state index contributed by atoms with van der Waals surface area (Å²) in [6.07, 6.45) is 4.70. The summed E-state index contributed by atoms with van der Waals surface area (Å²) in [4.78, 5) is 23.7. The number of fused-ring (bicyclic) bond motifs is 1. The summed E-state index contributed by atoms with van der Waals surface area (Å²) in [5.41, 5.74) is 1.34. The molecule has 0 atom stereocenters. The van der Waals surface area contributed by atoms with Gasteiger partial charge in [-0.2, -0.15) is 4.99 Å². The fourth-order valence-corrected chi connectivity index (χ4v) is 4.93. The van der Waals surface area contributed by atoms with E-state index in [2.05, 4.69) is 19.7 Å². The first-order valence-electron chi connectivity index (χ1n) is 8.81. The van der Waals surface area contributed by atoms with Crippen LogP contribution in [0, 0.1) is 0 Å². The van der Waals surface area contributed by atoms with Crippen molar-refractivity contribution in [3.05, 3.63) is 75.8 Å². The normalized spacial score (nSPS) is 12.5. The van der Waals surface area contributed by atoms with Crippen molar-refractivity contribution >= 4 is 49.9 Å². The van der Waals surface area contributed by atoms with E-state index in [1.165, 1.54) is 17.5 Å². The second-order valence-corrected chi connectivity index (χ2v) is 9.30. The molecule has 0 spiro atoms. The van der Waals surface area contributed by atoms with Crippen molar-refractivity contribution in [3.63, 3.8) is 0 Å². The molecular weight excluding hydrogens is 446 g/mol. The summed E-state index contributed by atoms with van der Waals surface area (Å²) >= 11 is 7.48. The number of hydrogen-bond acceptors (Lipinski definition) is 5. The number of nitrogens with zero attached hydrogens (tertiary/aromatic N) is 3. The van der Waals surface area contributed by atoms with Gasteiger partial charge in [0.15, 0.2) is 4.80 Å². The Labute approximate surface area is 180 Å². The predicted molar refractivity (Wildman–Crippen MR) is 115 cm³/mol. The number of pyridine rings is 1. The maximum Gasteiger partial charge on any atom is 0.263 e. The number of aromatic nitrogens is 3. The number of nitrogens with one attached hydrogen (secondary N) is 2. The van der Waals surface area contributed by atoms with Crippen LogP contribution in [0.2, 0.25) is 5.02 Å². The summed E-state index contributed by atoms with van der Waals surface area (Å²) in [5, 5.41) is 2.87. The molecule has 0 radical (unpaired) electrons. The van der Waals surface area contributed by atoms with Gasteiger partial charge in [-0.05, 0) is 23.8 Å². The fourth-order valence-electron chi connectivity index (χ4n) is 2.85. The van der Waals surface area contributed by atoms with E-state index in [9.17, 15) is 13.2 Å². The molecule has 154 valence electrons. The first kappa shape index (κ1) is 20.5. The Morgan fingerprint density at radius 1 is 1.27 bits per heavy atom. The van der Waals surface area contributed by atoms with Crippen LogP contribution in [0.4, 0.5) is 0 Å². The Morgan fingerprint density at radius 2 is 2.10 bits per heavy atom. The van der Waals surface area contributed by atoms with Crippen molar-refractivity contribution in [2.24, 2.45) is 4.99 Å². The lowest BCUT2D eigenvalue weighted by atomic mass is 10.2. The van der Waals surface area contributed by atoms with Crippen LogP contribution in [0.15, 0.2) is 70.3 Å². The monoisotopic (exact) mass is 461 g/mol. The molecule has 1 aromatic carbocycles. The fraction of sp³-hybridized carbons (Fsp3) is 0.105. The Bertz CT molecular complexity index is 1390. The number of amides is 1. The standard InChI is InChI=1S/C19H16ClN5O3S2/c20-15-6-2-1-4-13(15)12-25-8-9-29-19(25)24-17(26)11-23-30(27,28)16-10-22-18-14(16)5-3-7-21-18/h1-10,23H,11-12H2,(H,21,22). The molecule has 30 heavy (non-hydrogen) atoms. The van der Waals surface area contributed by atoms with E-state index >= 15 is 0 Å². The Morgan fingerprint density at radius 3 is 2.93 bits per heavy atom. The van der Waals surface area contributed by atoms with Crippen molar-refractivity contribution in [1.29, 1.82) is 0 Å². The first-order valence-corrected chi connectivity index (χ1v) is 11.5. The molecule has 4 rings (SSSR count). The van der Waals surface area contributed by atoms with Crippen LogP contribution in [0.1, 0.15) is 5.56 Å². The quantitative estimate of drug-likeness (QED) is 0.459. The Kier molecular flexibility index (Phi) is 5.82. The largest absolute Gasteiger partial charge is 0.345 e. The summed E-state index contributed by atoms with van der Waals surface area (Å²) in [6.45, 7) is -0.0113. The minimum atomic E-state index is -3.90. The lowest BCUT2D eigenvalue weighted by Crippen LogP contribution is -2.30. The number of hydrogen-bond donors (Lipinski definition) is 2. The number of sulfonamides is 1. The van der Waals surface area contributed by atoms with Gasteiger partial charge in [0.2, 0.25) is 10.0 Å². The molecule has 0 aliphatic heterocycles. The number of aromatic amines is 1.